The second-order valence-corrected chi connectivity index (χ2v) is 6.61. The molecule has 0 radical (unpaired) electrons. The number of hydrogen-bond donors (Lipinski definition) is 2. The number of para-hydroxylation sites is 1. The fourth-order valence-electron chi connectivity index (χ4n) is 2.83. The number of carbonyl (C=O) groups excluding carboxylic acids is 1. The normalized spacial score (nSPS) is 12.7. The molecule has 0 fully saturated rings. The zero-order valence-corrected chi connectivity index (χ0v) is 13.6. The van der Waals surface area contributed by atoms with Gasteiger partial charge in [0, 0.05) is 35.5 Å². The van der Waals surface area contributed by atoms with E-state index in [9.17, 15) is 4.79 Å². The molecule has 114 valence electrons. The average Bonchev–Trinajstić information content (AvgIpc) is 3.14. The fourth-order valence-corrected chi connectivity index (χ4v) is 3.54. The van der Waals surface area contributed by atoms with Crippen molar-refractivity contribution >= 4 is 28.1 Å². The number of aromatic amines is 1. The molecule has 3 aromatic rings. The van der Waals surface area contributed by atoms with Crippen LogP contribution in [-0.4, -0.2) is 16.9 Å². The molecule has 2 N–H and O–H groups in total. The summed E-state index contributed by atoms with van der Waals surface area (Å²) in [6, 6.07) is 10.5. The SMILES string of the molecule is CC(C)NC(=O)CC(c1ccsc1)c1c[nH]c2ccccc12. The van der Waals surface area contributed by atoms with Gasteiger partial charge in [-0.05, 0) is 47.9 Å². The molecular weight excluding hydrogens is 292 g/mol. The van der Waals surface area contributed by atoms with Crippen LogP contribution in [0.2, 0.25) is 0 Å². The number of hydrogen-bond acceptors (Lipinski definition) is 2. The number of H-pyrrole nitrogens is 1. The van der Waals surface area contributed by atoms with Crippen molar-refractivity contribution in [3.63, 3.8) is 0 Å². The lowest BCUT2D eigenvalue weighted by atomic mass is 9.89. The first-order chi connectivity index (χ1) is 10.6. The molecule has 22 heavy (non-hydrogen) atoms. The monoisotopic (exact) mass is 312 g/mol. The van der Waals surface area contributed by atoms with Crippen molar-refractivity contribution in [2.75, 3.05) is 0 Å². The van der Waals surface area contributed by atoms with Gasteiger partial charge in [-0.1, -0.05) is 18.2 Å². The van der Waals surface area contributed by atoms with E-state index in [-0.39, 0.29) is 17.9 Å². The van der Waals surface area contributed by atoms with Gasteiger partial charge < -0.3 is 10.3 Å². The highest BCUT2D eigenvalue weighted by Gasteiger charge is 2.21. The molecule has 0 saturated carbocycles. The summed E-state index contributed by atoms with van der Waals surface area (Å²) < 4.78 is 0. The third kappa shape index (κ3) is 3.07. The maximum absolute atomic E-state index is 12.3. The first-order valence-corrected chi connectivity index (χ1v) is 8.47. The molecule has 1 atom stereocenters. The van der Waals surface area contributed by atoms with Gasteiger partial charge in [0.05, 0.1) is 0 Å². The van der Waals surface area contributed by atoms with E-state index in [1.54, 1.807) is 11.3 Å². The number of benzene rings is 1. The third-order valence-electron chi connectivity index (χ3n) is 3.78. The second kappa shape index (κ2) is 6.36. The number of amides is 1. The van der Waals surface area contributed by atoms with E-state index in [1.807, 2.05) is 32.2 Å². The number of carbonyl (C=O) groups is 1. The molecule has 0 saturated heterocycles. The van der Waals surface area contributed by atoms with Gasteiger partial charge in [0.2, 0.25) is 5.91 Å². The Labute approximate surface area is 134 Å². The van der Waals surface area contributed by atoms with Crippen LogP contribution in [-0.2, 0) is 4.79 Å². The number of fused-ring (bicyclic) bond motifs is 1. The van der Waals surface area contributed by atoms with Crippen LogP contribution in [0, 0.1) is 0 Å². The maximum atomic E-state index is 12.3. The molecule has 2 aromatic heterocycles. The van der Waals surface area contributed by atoms with E-state index in [2.05, 4.69) is 39.3 Å². The predicted molar refractivity (Wildman–Crippen MR) is 92.4 cm³/mol. The summed E-state index contributed by atoms with van der Waals surface area (Å²) in [6.07, 6.45) is 2.51. The zero-order valence-electron chi connectivity index (χ0n) is 12.8. The van der Waals surface area contributed by atoms with Crippen LogP contribution >= 0.6 is 11.3 Å². The van der Waals surface area contributed by atoms with Gasteiger partial charge in [0.25, 0.3) is 0 Å². The average molecular weight is 312 g/mol. The van der Waals surface area contributed by atoms with Gasteiger partial charge in [0.1, 0.15) is 0 Å². The number of rotatable bonds is 5. The lowest BCUT2D eigenvalue weighted by Gasteiger charge is -2.17. The molecule has 3 nitrogen and oxygen atoms in total. The molecule has 0 aliphatic heterocycles. The summed E-state index contributed by atoms with van der Waals surface area (Å²) in [6.45, 7) is 3.98. The van der Waals surface area contributed by atoms with E-state index < -0.39 is 0 Å². The molecule has 1 unspecified atom stereocenters. The van der Waals surface area contributed by atoms with Crippen LogP contribution in [0.1, 0.15) is 37.3 Å². The minimum atomic E-state index is 0.0844. The van der Waals surface area contributed by atoms with Crippen molar-refractivity contribution < 1.29 is 4.79 Å². The molecule has 1 amide bonds. The Morgan fingerprint density at radius 1 is 1.27 bits per heavy atom. The summed E-state index contributed by atoms with van der Waals surface area (Å²) in [5.41, 5.74) is 3.50. The maximum Gasteiger partial charge on any atom is 0.221 e. The van der Waals surface area contributed by atoms with E-state index in [4.69, 9.17) is 0 Å². The van der Waals surface area contributed by atoms with Gasteiger partial charge in [0.15, 0.2) is 0 Å². The minimum Gasteiger partial charge on any atom is -0.361 e. The van der Waals surface area contributed by atoms with Crippen molar-refractivity contribution in [3.05, 3.63) is 58.4 Å². The first-order valence-electron chi connectivity index (χ1n) is 7.52. The summed E-state index contributed by atoms with van der Waals surface area (Å²) in [4.78, 5) is 15.6. The zero-order chi connectivity index (χ0) is 15.5. The molecule has 2 heterocycles. The molecular formula is C18H20N2OS. The largest absolute Gasteiger partial charge is 0.361 e. The van der Waals surface area contributed by atoms with Crippen LogP contribution in [0.25, 0.3) is 10.9 Å². The molecule has 4 heteroatoms. The lowest BCUT2D eigenvalue weighted by Crippen LogP contribution is -2.31. The van der Waals surface area contributed by atoms with Crippen LogP contribution in [0.4, 0.5) is 0 Å². The Hall–Kier alpha value is -2.07. The third-order valence-corrected chi connectivity index (χ3v) is 4.48. The molecule has 1 aromatic carbocycles. The summed E-state index contributed by atoms with van der Waals surface area (Å²) in [5, 5.41) is 8.39. The van der Waals surface area contributed by atoms with E-state index >= 15 is 0 Å². The van der Waals surface area contributed by atoms with Crippen molar-refractivity contribution in [3.8, 4) is 0 Å². The van der Waals surface area contributed by atoms with Crippen molar-refractivity contribution in [1.29, 1.82) is 0 Å². The summed E-state index contributed by atoms with van der Waals surface area (Å²) in [7, 11) is 0. The Balaban J connectivity index is 1.97. The van der Waals surface area contributed by atoms with Gasteiger partial charge in [-0.3, -0.25) is 4.79 Å². The number of aromatic nitrogens is 1. The van der Waals surface area contributed by atoms with Crippen molar-refractivity contribution in [2.24, 2.45) is 0 Å². The molecule has 0 aliphatic rings. The van der Waals surface area contributed by atoms with Crippen molar-refractivity contribution in [2.45, 2.75) is 32.2 Å². The molecule has 0 bridgehead atoms. The summed E-state index contributed by atoms with van der Waals surface area (Å²) in [5.74, 6) is 0.178. The van der Waals surface area contributed by atoms with Gasteiger partial charge in [-0.25, -0.2) is 0 Å². The Bertz CT molecular complexity index is 758. The molecule has 0 spiro atoms. The Morgan fingerprint density at radius 3 is 2.82 bits per heavy atom. The Kier molecular flexibility index (Phi) is 4.29. The fraction of sp³-hybridized carbons (Fsp3) is 0.278. The number of nitrogens with one attached hydrogen (secondary N) is 2. The standard InChI is InChI=1S/C18H20N2OS/c1-12(2)20-18(21)9-15(13-7-8-22-11-13)16-10-19-17-6-4-3-5-14(16)17/h3-8,10-12,15,19H,9H2,1-2H3,(H,20,21). The molecule has 0 aliphatic carbocycles. The first kappa shape index (κ1) is 14.9. The van der Waals surface area contributed by atoms with E-state index in [0.29, 0.717) is 6.42 Å². The lowest BCUT2D eigenvalue weighted by molar-refractivity contribution is -0.121. The highest BCUT2D eigenvalue weighted by molar-refractivity contribution is 7.08. The Morgan fingerprint density at radius 2 is 2.09 bits per heavy atom. The van der Waals surface area contributed by atoms with Crippen molar-refractivity contribution in [1.82, 2.24) is 10.3 Å². The quantitative estimate of drug-likeness (QED) is 0.726. The second-order valence-electron chi connectivity index (χ2n) is 5.83. The molecule has 3 rings (SSSR count). The highest BCUT2D eigenvalue weighted by Crippen LogP contribution is 2.34. The van der Waals surface area contributed by atoms with Gasteiger partial charge in [-0.2, -0.15) is 11.3 Å². The predicted octanol–water partition coefficient (Wildman–Crippen LogP) is 4.28. The smallest absolute Gasteiger partial charge is 0.221 e. The number of thiophene rings is 1. The van der Waals surface area contributed by atoms with Crippen LogP contribution in [0.3, 0.4) is 0 Å². The minimum absolute atomic E-state index is 0.0844. The summed E-state index contributed by atoms with van der Waals surface area (Å²) >= 11 is 1.67. The van der Waals surface area contributed by atoms with E-state index in [1.165, 1.54) is 16.5 Å². The highest BCUT2D eigenvalue weighted by atomic mass is 32.1. The van der Waals surface area contributed by atoms with Crippen LogP contribution in [0.15, 0.2) is 47.3 Å². The van der Waals surface area contributed by atoms with Gasteiger partial charge in [-0.15, -0.1) is 0 Å². The van der Waals surface area contributed by atoms with Crippen LogP contribution in [0.5, 0.6) is 0 Å². The van der Waals surface area contributed by atoms with Gasteiger partial charge >= 0.3 is 0 Å². The topological polar surface area (TPSA) is 44.9 Å². The van der Waals surface area contributed by atoms with Crippen LogP contribution < -0.4 is 5.32 Å². The van der Waals surface area contributed by atoms with E-state index in [0.717, 1.165) is 5.52 Å².